The Labute approximate surface area is 196 Å². The van der Waals surface area contributed by atoms with Gasteiger partial charge in [0.2, 0.25) is 11.8 Å². The van der Waals surface area contributed by atoms with Crippen LogP contribution in [0.4, 0.5) is 11.4 Å². The summed E-state index contributed by atoms with van der Waals surface area (Å²) in [5.41, 5.74) is 2.22. The molecule has 1 aliphatic carbocycles. The fraction of sp³-hybridized carbons (Fsp3) is 0.417. The number of thiophene rings is 1. The molecule has 0 saturated heterocycles. The van der Waals surface area contributed by atoms with E-state index in [1.54, 1.807) is 35.6 Å². The van der Waals surface area contributed by atoms with E-state index in [0.29, 0.717) is 35.0 Å². The topological polar surface area (TPSA) is 96.3 Å². The molecular formula is C24H29N5O3S. The van der Waals surface area contributed by atoms with E-state index in [1.807, 2.05) is 19.0 Å². The summed E-state index contributed by atoms with van der Waals surface area (Å²) in [7, 11) is 3.83. The minimum Gasteiger partial charge on any atom is -0.326 e. The van der Waals surface area contributed by atoms with Gasteiger partial charge in [0.05, 0.1) is 11.9 Å². The number of anilines is 2. The Hall–Kier alpha value is -3.04. The second-order valence-corrected chi connectivity index (χ2v) is 10.1. The van der Waals surface area contributed by atoms with Gasteiger partial charge in [-0.2, -0.15) is 0 Å². The van der Waals surface area contributed by atoms with Gasteiger partial charge in [0.25, 0.3) is 5.56 Å². The molecule has 8 nitrogen and oxygen atoms in total. The normalized spacial score (nSPS) is 15.5. The van der Waals surface area contributed by atoms with Gasteiger partial charge in [-0.05, 0) is 69.1 Å². The van der Waals surface area contributed by atoms with E-state index in [9.17, 15) is 14.4 Å². The highest BCUT2D eigenvalue weighted by Crippen LogP contribution is 2.35. The summed E-state index contributed by atoms with van der Waals surface area (Å²) in [5.74, 6) is 0.730. The summed E-state index contributed by atoms with van der Waals surface area (Å²) < 4.78 is 1.51. The molecule has 1 aliphatic rings. The highest BCUT2D eigenvalue weighted by atomic mass is 32.1. The molecular weight excluding hydrogens is 438 g/mol. The maximum atomic E-state index is 13.6. The van der Waals surface area contributed by atoms with Crippen LogP contribution in [0.15, 0.2) is 29.1 Å². The second-order valence-electron chi connectivity index (χ2n) is 9.00. The number of hydrogen-bond acceptors (Lipinski definition) is 6. The van der Waals surface area contributed by atoms with Crippen molar-refractivity contribution in [2.75, 3.05) is 24.7 Å². The molecule has 33 heavy (non-hydrogen) atoms. The standard InChI is InChI=1S/C24H29N5O3S/c1-14-5-10-18-19(11-14)33-23-22(18)24(32)29(20(27-23)12-28(3)4)13-21(31)26-17-8-6-16(7-9-17)25-15(2)30/h6-9,14H,5,10-13H2,1-4H3,(H,25,30)(H,26,31). The molecule has 2 N–H and O–H groups in total. The van der Waals surface area contributed by atoms with Crippen LogP contribution in [0.1, 0.15) is 36.5 Å². The first-order valence-electron chi connectivity index (χ1n) is 11.1. The Morgan fingerprint density at radius 2 is 1.85 bits per heavy atom. The zero-order chi connectivity index (χ0) is 23.7. The van der Waals surface area contributed by atoms with Crippen LogP contribution in [-0.4, -0.2) is 40.4 Å². The van der Waals surface area contributed by atoms with E-state index >= 15 is 0 Å². The minimum absolute atomic E-state index is 0.112. The quantitative estimate of drug-likeness (QED) is 0.580. The number of nitrogens with zero attached hydrogens (tertiary/aromatic N) is 3. The molecule has 0 spiro atoms. The monoisotopic (exact) mass is 467 g/mol. The smallest absolute Gasteiger partial charge is 0.263 e. The number of hydrogen-bond donors (Lipinski definition) is 2. The van der Waals surface area contributed by atoms with Gasteiger partial charge in [0, 0.05) is 23.2 Å². The average molecular weight is 468 g/mol. The molecule has 1 aromatic carbocycles. The molecule has 1 unspecified atom stereocenters. The summed E-state index contributed by atoms with van der Waals surface area (Å²) >= 11 is 1.62. The number of rotatable bonds is 6. The van der Waals surface area contributed by atoms with Gasteiger partial charge in [-0.3, -0.25) is 19.0 Å². The summed E-state index contributed by atoms with van der Waals surface area (Å²) in [5, 5.41) is 6.21. The summed E-state index contributed by atoms with van der Waals surface area (Å²) in [6.45, 7) is 4.03. The molecule has 2 amide bonds. The van der Waals surface area contributed by atoms with Gasteiger partial charge >= 0.3 is 0 Å². The molecule has 0 fully saturated rings. The predicted molar refractivity (Wildman–Crippen MR) is 132 cm³/mol. The van der Waals surface area contributed by atoms with Crippen molar-refractivity contribution in [2.45, 2.75) is 46.2 Å². The van der Waals surface area contributed by atoms with Gasteiger partial charge in [0.1, 0.15) is 17.2 Å². The number of aromatic nitrogens is 2. The van der Waals surface area contributed by atoms with Crippen molar-refractivity contribution in [3.8, 4) is 0 Å². The number of carbonyl (C=O) groups is 2. The Kier molecular flexibility index (Phi) is 6.62. The molecule has 174 valence electrons. The first-order valence-corrected chi connectivity index (χ1v) is 11.9. The van der Waals surface area contributed by atoms with Crippen molar-refractivity contribution in [2.24, 2.45) is 5.92 Å². The van der Waals surface area contributed by atoms with Gasteiger partial charge in [-0.15, -0.1) is 11.3 Å². The second kappa shape index (κ2) is 9.44. The van der Waals surface area contributed by atoms with Crippen LogP contribution >= 0.6 is 11.3 Å². The van der Waals surface area contributed by atoms with Crippen molar-refractivity contribution in [3.63, 3.8) is 0 Å². The molecule has 2 aromatic heterocycles. The van der Waals surface area contributed by atoms with E-state index in [0.717, 1.165) is 29.7 Å². The lowest BCUT2D eigenvalue weighted by atomic mass is 9.89. The number of aryl methyl sites for hydroxylation is 1. The maximum absolute atomic E-state index is 13.6. The predicted octanol–water partition coefficient (Wildman–Crippen LogP) is 3.24. The molecule has 1 atom stereocenters. The molecule has 0 aliphatic heterocycles. The van der Waals surface area contributed by atoms with Gasteiger partial charge in [0.15, 0.2) is 0 Å². The maximum Gasteiger partial charge on any atom is 0.263 e. The largest absolute Gasteiger partial charge is 0.326 e. The van der Waals surface area contributed by atoms with Crippen molar-refractivity contribution < 1.29 is 9.59 Å². The van der Waals surface area contributed by atoms with Crippen molar-refractivity contribution in [1.29, 1.82) is 0 Å². The third kappa shape index (κ3) is 5.15. The van der Waals surface area contributed by atoms with Crippen molar-refractivity contribution in [1.82, 2.24) is 14.5 Å². The Bertz CT molecular complexity index is 1260. The van der Waals surface area contributed by atoms with Crippen LogP contribution in [-0.2, 0) is 35.5 Å². The van der Waals surface area contributed by atoms with Crippen LogP contribution in [0.5, 0.6) is 0 Å². The molecule has 4 rings (SSSR count). The Balaban J connectivity index is 1.64. The van der Waals surface area contributed by atoms with E-state index in [-0.39, 0.29) is 23.9 Å². The SMILES string of the molecule is CC(=O)Nc1ccc(NC(=O)Cn2c(CN(C)C)nc3sc4c(c3c2=O)CCC(C)C4)cc1. The van der Waals surface area contributed by atoms with Crippen LogP contribution in [0.3, 0.4) is 0 Å². The van der Waals surface area contributed by atoms with Crippen LogP contribution in [0, 0.1) is 5.92 Å². The number of fused-ring (bicyclic) bond motifs is 3. The highest BCUT2D eigenvalue weighted by molar-refractivity contribution is 7.18. The Morgan fingerprint density at radius 3 is 2.48 bits per heavy atom. The molecule has 0 saturated carbocycles. The molecule has 2 heterocycles. The number of nitrogens with one attached hydrogen (secondary N) is 2. The first kappa shape index (κ1) is 23.1. The lowest BCUT2D eigenvalue weighted by Crippen LogP contribution is -2.33. The van der Waals surface area contributed by atoms with E-state index < -0.39 is 0 Å². The third-order valence-electron chi connectivity index (χ3n) is 5.74. The fourth-order valence-electron chi connectivity index (χ4n) is 4.22. The van der Waals surface area contributed by atoms with Crippen LogP contribution in [0.2, 0.25) is 0 Å². The summed E-state index contributed by atoms with van der Waals surface area (Å²) in [6.07, 6.45) is 2.92. The Morgan fingerprint density at radius 1 is 1.18 bits per heavy atom. The fourth-order valence-corrected chi connectivity index (χ4v) is 5.61. The molecule has 3 aromatic rings. The summed E-state index contributed by atoms with van der Waals surface area (Å²) in [6, 6.07) is 6.86. The molecule has 0 radical (unpaired) electrons. The first-order chi connectivity index (χ1) is 15.7. The minimum atomic E-state index is -0.303. The lowest BCUT2D eigenvalue weighted by Gasteiger charge is -2.18. The zero-order valence-corrected chi connectivity index (χ0v) is 20.2. The van der Waals surface area contributed by atoms with Gasteiger partial charge in [-0.1, -0.05) is 6.92 Å². The lowest BCUT2D eigenvalue weighted by molar-refractivity contribution is -0.117. The van der Waals surface area contributed by atoms with Crippen molar-refractivity contribution in [3.05, 3.63) is 50.9 Å². The van der Waals surface area contributed by atoms with E-state index in [1.165, 1.54) is 16.4 Å². The number of amides is 2. The van der Waals surface area contributed by atoms with Gasteiger partial charge < -0.3 is 15.5 Å². The highest BCUT2D eigenvalue weighted by Gasteiger charge is 2.25. The summed E-state index contributed by atoms with van der Waals surface area (Å²) in [4.78, 5) is 46.4. The van der Waals surface area contributed by atoms with E-state index in [4.69, 9.17) is 4.98 Å². The average Bonchev–Trinajstić information content (AvgIpc) is 3.08. The zero-order valence-electron chi connectivity index (χ0n) is 19.4. The molecule has 0 bridgehead atoms. The van der Waals surface area contributed by atoms with Gasteiger partial charge in [-0.25, -0.2) is 4.98 Å². The number of carbonyl (C=O) groups excluding carboxylic acids is 2. The van der Waals surface area contributed by atoms with Crippen molar-refractivity contribution >= 4 is 44.7 Å². The molecule has 9 heteroatoms. The third-order valence-corrected chi connectivity index (χ3v) is 6.89. The van der Waals surface area contributed by atoms with E-state index in [2.05, 4.69) is 17.6 Å². The number of benzene rings is 1. The van der Waals surface area contributed by atoms with Crippen LogP contribution < -0.4 is 16.2 Å². The van der Waals surface area contributed by atoms with Crippen LogP contribution in [0.25, 0.3) is 10.2 Å².